The number of rotatable bonds is 2. The van der Waals surface area contributed by atoms with Gasteiger partial charge in [0.05, 0.1) is 33.8 Å². The predicted molar refractivity (Wildman–Crippen MR) is 252 cm³/mol. The second-order valence-corrected chi connectivity index (χ2v) is 22.3. The van der Waals surface area contributed by atoms with Gasteiger partial charge in [-0.3, -0.25) is 4.98 Å². The molecule has 6 saturated carbocycles. The molecule has 3 heteroatoms. The summed E-state index contributed by atoms with van der Waals surface area (Å²) in [6.07, 6.45) is 16.3. The third-order valence-corrected chi connectivity index (χ3v) is 20.5. The molecule has 6 aromatic carbocycles. The molecule has 0 radical (unpaired) electrons. The van der Waals surface area contributed by atoms with E-state index in [9.17, 15) is 0 Å². The van der Waals surface area contributed by atoms with Crippen molar-refractivity contribution in [3.8, 4) is 16.8 Å². The quantitative estimate of drug-likeness (QED) is 0.171. The number of aromatic nitrogens is 3. The number of fused-ring (bicyclic) bond motifs is 23. The Morgan fingerprint density at radius 2 is 1.11 bits per heavy atom. The van der Waals surface area contributed by atoms with Crippen LogP contribution in [0.4, 0.5) is 0 Å². The van der Waals surface area contributed by atoms with Crippen molar-refractivity contribution in [2.75, 3.05) is 0 Å². The highest BCUT2D eigenvalue weighted by Crippen LogP contribution is 2.78. The van der Waals surface area contributed by atoms with Crippen molar-refractivity contribution >= 4 is 70.7 Å². The van der Waals surface area contributed by atoms with Crippen LogP contribution in [0, 0.1) is 34.5 Å². The lowest BCUT2D eigenvalue weighted by Gasteiger charge is -2.48. The number of hydrogen-bond acceptors (Lipinski definition) is 1. The van der Waals surface area contributed by atoms with Gasteiger partial charge in [0.25, 0.3) is 0 Å². The molecule has 6 bridgehead atoms. The standard InChI is InChI=1S/C59H47N3/c1-2-11-39(12-3-1)61-46-16-7-6-14-42(46)44-23-45-52-47(62-48-29-60-55-34-20-38-22-37-19-33(27-59(37,38)28-34)51(55)53(48)54(56(44)61)57(45)62)24-43(41-15-8-10-30-9-4-5-13-40(30)41)49-31-17-35-21-36-18-32(50(49)52)26-58(35,36)25-31/h1-16,23-24,29,31-38H,17-22,25-28H2. The second kappa shape index (κ2) is 10.2. The summed E-state index contributed by atoms with van der Waals surface area (Å²) in [7, 11) is 0. The second-order valence-electron chi connectivity index (χ2n) is 22.3. The lowest BCUT2D eigenvalue weighted by molar-refractivity contribution is 0.00321. The summed E-state index contributed by atoms with van der Waals surface area (Å²) in [5.41, 5.74) is 18.9. The van der Waals surface area contributed by atoms with E-state index in [1.807, 2.05) is 0 Å². The van der Waals surface area contributed by atoms with Crippen molar-refractivity contribution in [1.82, 2.24) is 14.0 Å². The molecule has 10 unspecified atom stereocenters. The summed E-state index contributed by atoms with van der Waals surface area (Å²) in [6, 6.07) is 42.4. The topological polar surface area (TPSA) is 22.2 Å². The monoisotopic (exact) mass is 797 g/mol. The molecule has 4 aromatic heterocycles. The Labute approximate surface area is 360 Å². The largest absolute Gasteiger partial charge is 0.309 e. The van der Waals surface area contributed by atoms with Gasteiger partial charge in [0.2, 0.25) is 0 Å². The maximum atomic E-state index is 5.74. The van der Waals surface area contributed by atoms with Crippen molar-refractivity contribution in [1.29, 1.82) is 0 Å². The normalized spacial score (nSPS) is 33.0. The Morgan fingerprint density at radius 3 is 1.92 bits per heavy atom. The van der Waals surface area contributed by atoms with E-state index in [-0.39, 0.29) is 0 Å². The van der Waals surface area contributed by atoms with Gasteiger partial charge in [-0.25, -0.2) is 0 Å². The van der Waals surface area contributed by atoms with E-state index in [1.54, 1.807) is 22.1 Å². The molecular weight excluding hydrogens is 751 g/mol. The van der Waals surface area contributed by atoms with Crippen LogP contribution in [-0.2, 0) is 0 Å². The first kappa shape index (κ1) is 32.1. The molecule has 0 saturated heterocycles. The molecule has 18 rings (SSSR count). The van der Waals surface area contributed by atoms with Gasteiger partial charge in [-0.15, -0.1) is 0 Å². The minimum atomic E-state index is 0.570. The molecule has 4 heterocycles. The highest BCUT2D eigenvalue weighted by Gasteiger charge is 2.67. The van der Waals surface area contributed by atoms with Crippen LogP contribution in [0.2, 0.25) is 0 Å². The van der Waals surface area contributed by atoms with Gasteiger partial charge in [-0.05, 0) is 185 Å². The van der Waals surface area contributed by atoms with E-state index >= 15 is 0 Å². The fraction of sp³-hybridized carbons (Fsp3) is 0.339. The lowest BCUT2D eigenvalue weighted by atomic mass is 9.56. The first-order valence-electron chi connectivity index (χ1n) is 24.3. The van der Waals surface area contributed by atoms with Crippen LogP contribution < -0.4 is 0 Å². The molecular formula is C59H47N3. The Bertz CT molecular complexity index is 3730. The summed E-state index contributed by atoms with van der Waals surface area (Å²) in [5, 5.41) is 11.6. The zero-order chi connectivity index (χ0) is 39.5. The molecule has 62 heavy (non-hydrogen) atoms. The molecule has 8 aliphatic carbocycles. The lowest BCUT2D eigenvalue weighted by Crippen LogP contribution is -2.41. The molecule has 0 amide bonds. The van der Waals surface area contributed by atoms with Crippen LogP contribution in [0.1, 0.15) is 110 Å². The van der Waals surface area contributed by atoms with E-state index in [2.05, 4.69) is 124 Å². The minimum Gasteiger partial charge on any atom is -0.309 e. The Balaban J connectivity index is 1.08. The summed E-state index contributed by atoms with van der Waals surface area (Å²) < 4.78 is 5.44. The summed E-state index contributed by atoms with van der Waals surface area (Å²) in [4.78, 5) is 5.74. The van der Waals surface area contributed by atoms with Gasteiger partial charge in [0.1, 0.15) is 0 Å². The number of benzene rings is 6. The van der Waals surface area contributed by atoms with Crippen LogP contribution in [0.25, 0.3) is 87.5 Å². The third-order valence-electron chi connectivity index (χ3n) is 20.5. The van der Waals surface area contributed by atoms with E-state index in [4.69, 9.17) is 4.98 Å². The molecule has 10 atom stereocenters. The van der Waals surface area contributed by atoms with Gasteiger partial charge >= 0.3 is 0 Å². The van der Waals surface area contributed by atoms with Crippen molar-refractivity contribution in [3.05, 3.63) is 138 Å². The fourth-order valence-corrected chi connectivity index (χ4v) is 18.6. The van der Waals surface area contributed by atoms with Crippen LogP contribution in [0.5, 0.6) is 0 Å². The van der Waals surface area contributed by atoms with Crippen LogP contribution in [0.3, 0.4) is 0 Å². The third kappa shape index (κ3) is 3.33. The van der Waals surface area contributed by atoms with E-state index in [0.717, 1.165) is 23.7 Å². The van der Waals surface area contributed by atoms with Gasteiger partial charge in [-0.2, -0.15) is 0 Å². The summed E-state index contributed by atoms with van der Waals surface area (Å²) >= 11 is 0. The average molecular weight is 798 g/mol. The van der Waals surface area contributed by atoms with Crippen LogP contribution in [0.15, 0.2) is 115 Å². The number of hydrogen-bond donors (Lipinski definition) is 0. The summed E-state index contributed by atoms with van der Waals surface area (Å²) in [6.45, 7) is 0. The highest BCUT2D eigenvalue weighted by atomic mass is 15.0. The van der Waals surface area contributed by atoms with E-state index < -0.39 is 0 Å². The molecule has 0 aliphatic heterocycles. The predicted octanol–water partition coefficient (Wildman–Crippen LogP) is 14.9. The first-order chi connectivity index (χ1) is 30.6. The molecule has 6 fully saturated rings. The fourth-order valence-electron chi connectivity index (χ4n) is 18.6. The average Bonchev–Trinajstić information content (AvgIpc) is 4.14. The van der Waals surface area contributed by atoms with Gasteiger partial charge in [0.15, 0.2) is 0 Å². The molecule has 298 valence electrons. The molecule has 8 aliphatic rings. The van der Waals surface area contributed by atoms with Gasteiger partial charge < -0.3 is 8.97 Å². The van der Waals surface area contributed by atoms with Crippen molar-refractivity contribution in [2.24, 2.45) is 34.5 Å². The van der Waals surface area contributed by atoms with E-state index in [0.29, 0.717) is 34.5 Å². The Hall–Kier alpha value is -5.67. The Morgan fingerprint density at radius 1 is 0.452 bits per heavy atom. The van der Waals surface area contributed by atoms with Crippen LogP contribution in [-0.4, -0.2) is 14.0 Å². The smallest absolute Gasteiger partial charge is 0.0728 e. The maximum Gasteiger partial charge on any atom is 0.0728 e. The number of para-hydroxylation sites is 2. The molecule has 10 aromatic rings. The first-order valence-corrected chi connectivity index (χ1v) is 24.3. The van der Waals surface area contributed by atoms with E-state index in [1.165, 1.54) is 152 Å². The Kier molecular flexibility index (Phi) is 5.29. The SMILES string of the molecule is c1ccc(-n2c3ccccc3c3cc4c5c6c(c(-c7cccc8ccccc78)cc5n5c7cnc8c(c7c(c32)c45)C2CC3CC4CC8CC43C2)C2CC3CC4CC6CC34C2)cc1. The molecule has 3 nitrogen and oxygen atoms in total. The highest BCUT2D eigenvalue weighted by molar-refractivity contribution is 6.35. The number of pyridine rings is 1. The minimum absolute atomic E-state index is 0.570. The van der Waals surface area contributed by atoms with Crippen molar-refractivity contribution < 1.29 is 0 Å². The van der Waals surface area contributed by atoms with Gasteiger partial charge in [-0.1, -0.05) is 78.9 Å². The maximum absolute atomic E-state index is 5.74. The van der Waals surface area contributed by atoms with Gasteiger partial charge in [0, 0.05) is 49.6 Å². The zero-order valence-electron chi connectivity index (χ0n) is 35.0. The summed E-state index contributed by atoms with van der Waals surface area (Å²) in [5.74, 6) is 6.13. The van der Waals surface area contributed by atoms with Crippen molar-refractivity contribution in [2.45, 2.75) is 87.9 Å². The van der Waals surface area contributed by atoms with Crippen molar-refractivity contribution in [3.63, 3.8) is 0 Å². The number of nitrogens with zero attached hydrogens (tertiary/aromatic N) is 3. The zero-order valence-corrected chi connectivity index (χ0v) is 35.0. The molecule has 2 spiro atoms. The van der Waals surface area contributed by atoms with Crippen LogP contribution >= 0.6 is 0 Å². The molecule has 0 N–H and O–H groups in total.